The van der Waals surface area contributed by atoms with Crippen LogP contribution >= 0.6 is 11.3 Å². The molecule has 0 saturated heterocycles. The third-order valence-electron chi connectivity index (χ3n) is 3.35. The van der Waals surface area contributed by atoms with E-state index in [1.807, 2.05) is 19.2 Å². The van der Waals surface area contributed by atoms with E-state index in [0.29, 0.717) is 0 Å². The Morgan fingerprint density at radius 2 is 1.82 bits per heavy atom. The van der Waals surface area contributed by atoms with Crippen LogP contribution in [0, 0.1) is 0 Å². The van der Waals surface area contributed by atoms with Gasteiger partial charge in [-0.15, -0.1) is 11.3 Å². The number of likely N-dealkylation sites (N-methyl/N-ethyl adjacent to an activating group) is 1. The van der Waals surface area contributed by atoms with Crippen molar-refractivity contribution in [2.45, 2.75) is 6.42 Å². The molecule has 112 valence electrons. The fourth-order valence-electron chi connectivity index (χ4n) is 2.13. The molecule has 0 aliphatic rings. The molecule has 5 heteroatoms. The van der Waals surface area contributed by atoms with Gasteiger partial charge in [0, 0.05) is 29.0 Å². The molecule has 2 heterocycles. The Labute approximate surface area is 134 Å². The number of nitrogens with one attached hydrogen (secondary N) is 2. The van der Waals surface area contributed by atoms with Crippen molar-refractivity contribution in [2.24, 2.45) is 0 Å². The van der Waals surface area contributed by atoms with Gasteiger partial charge < -0.3 is 10.6 Å². The first-order valence-corrected chi connectivity index (χ1v) is 8.09. The number of benzene rings is 1. The molecule has 2 N–H and O–H groups in total. The molecule has 1 aromatic carbocycles. The predicted molar refractivity (Wildman–Crippen MR) is 92.7 cm³/mol. The third kappa shape index (κ3) is 3.69. The first kappa shape index (κ1) is 14.7. The highest BCUT2D eigenvalue weighted by molar-refractivity contribution is 7.14. The first-order valence-electron chi connectivity index (χ1n) is 7.21. The van der Waals surface area contributed by atoms with Gasteiger partial charge in [-0.1, -0.05) is 12.1 Å². The van der Waals surface area contributed by atoms with Gasteiger partial charge in [0.05, 0.1) is 5.69 Å². The summed E-state index contributed by atoms with van der Waals surface area (Å²) in [6, 6.07) is 12.4. The van der Waals surface area contributed by atoms with E-state index in [4.69, 9.17) is 0 Å². The summed E-state index contributed by atoms with van der Waals surface area (Å²) in [6.07, 6.45) is 4.61. The lowest BCUT2D eigenvalue weighted by atomic mass is 10.1. The van der Waals surface area contributed by atoms with E-state index in [-0.39, 0.29) is 0 Å². The summed E-state index contributed by atoms with van der Waals surface area (Å²) in [5.74, 6) is 0. The molecule has 3 rings (SSSR count). The number of hydrogen-bond acceptors (Lipinski definition) is 5. The van der Waals surface area contributed by atoms with Crippen molar-refractivity contribution in [1.29, 1.82) is 0 Å². The highest BCUT2D eigenvalue weighted by atomic mass is 32.1. The van der Waals surface area contributed by atoms with Crippen molar-refractivity contribution in [3.05, 3.63) is 59.7 Å². The van der Waals surface area contributed by atoms with Crippen molar-refractivity contribution < 1.29 is 0 Å². The molecule has 0 saturated carbocycles. The maximum absolute atomic E-state index is 4.62. The monoisotopic (exact) mass is 310 g/mol. The molecule has 3 aromatic rings. The average Bonchev–Trinajstić information content (AvgIpc) is 3.04. The van der Waals surface area contributed by atoms with Gasteiger partial charge in [-0.2, -0.15) is 0 Å². The smallest absolute Gasteiger partial charge is 0.187 e. The fraction of sp³-hybridized carbons (Fsp3) is 0.176. The maximum Gasteiger partial charge on any atom is 0.187 e. The lowest BCUT2D eigenvalue weighted by molar-refractivity contribution is 0.792. The molecule has 0 aliphatic carbocycles. The molecule has 0 amide bonds. The van der Waals surface area contributed by atoms with E-state index in [2.05, 4.69) is 50.2 Å². The zero-order chi connectivity index (χ0) is 15.2. The van der Waals surface area contributed by atoms with Crippen molar-refractivity contribution >= 4 is 22.2 Å². The normalized spacial score (nSPS) is 10.6. The van der Waals surface area contributed by atoms with Crippen LogP contribution in [0.4, 0.5) is 10.8 Å². The standard InChI is InChI=1S/C17H18N4S/c1-18-9-6-13-2-4-15(5-3-13)20-17-21-16(12-22-17)14-7-10-19-11-8-14/h2-5,7-8,10-12,18H,6,9H2,1H3,(H,20,21). The van der Waals surface area contributed by atoms with Gasteiger partial charge in [0.2, 0.25) is 0 Å². The number of pyridine rings is 1. The van der Waals surface area contributed by atoms with Gasteiger partial charge in [-0.3, -0.25) is 4.98 Å². The second kappa shape index (κ2) is 7.15. The highest BCUT2D eigenvalue weighted by Crippen LogP contribution is 2.26. The van der Waals surface area contributed by atoms with E-state index < -0.39 is 0 Å². The van der Waals surface area contributed by atoms with Crippen LogP contribution in [-0.2, 0) is 6.42 Å². The summed E-state index contributed by atoms with van der Waals surface area (Å²) in [6.45, 7) is 0.995. The maximum atomic E-state index is 4.62. The molecule has 0 radical (unpaired) electrons. The molecule has 0 fully saturated rings. The Kier molecular flexibility index (Phi) is 4.78. The number of rotatable bonds is 6. The second-order valence-corrected chi connectivity index (χ2v) is 5.81. The Morgan fingerprint density at radius 1 is 1.05 bits per heavy atom. The summed E-state index contributed by atoms with van der Waals surface area (Å²) < 4.78 is 0. The van der Waals surface area contributed by atoms with Crippen LogP contribution in [0.3, 0.4) is 0 Å². The molecule has 4 nitrogen and oxygen atoms in total. The van der Waals surface area contributed by atoms with E-state index in [1.54, 1.807) is 23.7 Å². The molecule has 0 atom stereocenters. The number of nitrogens with zero attached hydrogens (tertiary/aromatic N) is 2. The molecular weight excluding hydrogens is 292 g/mol. The zero-order valence-electron chi connectivity index (χ0n) is 12.4. The Morgan fingerprint density at radius 3 is 2.55 bits per heavy atom. The predicted octanol–water partition coefficient (Wildman–Crippen LogP) is 3.71. The minimum Gasteiger partial charge on any atom is -0.332 e. The second-order valence-electron chi connectivity index (χ2n) is 4.95. The van der Waals surface area contributed by atoms with E-state index in [9.17, 15) is 0 Å². The molecule has 0 aliphatic heterocycles. The van der Waals surface area contributed by atoms with E-state index in [1.165, 1.54) is 5.56 Å². The summed E-state index contributed by atoms with van der Waals surface area (Å²) in [5, 5.41) is 9.47. The van der Waals surface area contributed by atoms with Gasteiger partial charge in [-0.25, -0.2) is 4.98 Å². The summed E-state index contributed by atoms with van der Waals surface area (Å²) >= 11 is 1.60. The topological polar surface area (TPSA) is 49.8 Å². The van der Waals surface area contributed by atoms with Crippen LogP contribution in [0.5, 0.6) is 0 Å². The van der Waals surface area contributed by atoms with Crippen LogP contribution in [0.25, 0.3) is 11.3 Å². The van der Waals surface area contributed by atoms with Gasteiger partial charge >= 0.3 is 0 Å². The lowest BCUT2D eigenvalue weighted by Crippen LogP contribution is -2.10. The average molecular weight is 310 g/mol. The van der Waals surface area contributed by atoms with Crippen LogP contribution in [0.15, 0.2) is 54.2 Å². The Balaban J connectivity index is 1.67. The van der Waals surface area contributed by atoms with Gasteiger partial charge in [-0.05, 0) is 49.8 Å². The first-order chi connectivity index (χ1) is 10.8. The van der Waals surface area contributed by atoms with Gasteiger partial charge in [0.15, 0.2) is 5.13 Å². The zero-order valence-corrected chi connectivity index (χ0v) is 13.2. The SMILES string of the molecule is CNCCc1ccc(Nc2nc(-c3ccncc3)cs2)cc1. The van der Waals surface area contributed by atoms with E-state index >= 15 is 0 Å². The van der Waals surface area contributed by atoms with Crippen molar-refractivity contribution in [3.63, 3.8) is 0 Å². The quantitative estimate of drug-likeness (QED) is 0.729. The third-order valence-corrected chi connectivity index (χ3v) is 4.11. The Bertz CT molecular complexity index is 707. The molecule has 0 bridgehead atoms. The number of hydrogen-bond donors (Lipinski definition) is 2. The summed E-state index contributed by atoms with van der Waals surface area (Å²) in [4.78, 5) is 8.65. The van der Waals surface area contributed by atoms with Crippen molar-refractivity contribution in [1.82, 2.24) is 15.3 Å². The van der Waals surface area contributed by atoms with Crippen LogP contribution in [-0.4, -0.2) is 23.6 Å². The van der Waals surface area contributed by atoms with Crippen molar-refractivity contribution in [2.75, 3.05) is 18.9 Å². The number of thiazole rings is 1. The summed E-state index contributed by atoms with van der Waals surface area (Å²) in [5.41, 5.74) is 4.45. The Hall–Kier alpha value is -2.24. The molecule has 2 aromatic heterocycles. The van der Waals surface area contributed by atoms with Gasteiger partial charge in [0.25, 0.3) is 0 Å². The lowest BCUT2D eigenvalue weighted by Gasteiger charge is -2.05. The minimum atomic E-state index is 0.898. The van der Waals surface area contributed by atoms with Gasteiger partial charge in [0.1, 0.15) is 0 Å². The minimum absolute atomic E-state index is 0.898. The number of aromatic nitrogens is 2. The van der Waals surface area contributed by atoms with Crippen LogP contribution in [0.1, 0.15) is 5.56 Å². The molecule has 22 heavy (non-hydrogen) atoms. The highest BCUT2D eigenvalue weighted by Gasteiger charge is 2.04. The largest absolute Gasteiger partial charge is 0.332 e. The molecule has 0 spiro atoms. The van der Waals surface area contributed by atoms with E-state index in [0.717, 1.165) is 35.0 Å². The van der Waals surface area contributed by atoms with Crippen molar-refractivity contribution in [3.8, 4) is 11.3 Å². The number of anilines is 2. The summed E-state index contributed by atoms with van der Waals surface area (Å²) in [7, 11) is 1.97. The van der Waals surface area contributed by atoms with Crippen LogP contribution in [0.2, 0.25) is 0 Å². The molecular formula is C17H18N4S. The van der Waals surface area contributed by atoms with Crippen LogP contribution < -0.4 is 10.6 Å². The molecule has 0 unspecified atom stereocenters. The fourth-order valence-corrected chi connectivity index (χ4v) is 2.87.